The Morgan fingerprint density at radius 2 is 0.607 bits per heavy atom. The Balaban J connectivity index is 0.000000807. The van der Waals surface area contributed by atoms with Crippen LogP contribution in [0.4, 0.5) is 34.1 Å². The van der Waals surface area contributed by atoms with Gasteiger partial charge in [0, 0.05) is 61.9 Å². The molecule has 0 spiro atoms. The van der Waals surface area contributed by atoms with E-state index in [0.29, 0.717) is 51.7 Å². The molecule has 6 amide bonds. The molecule has 0 saturated carbocycles. The van der Waals surface area contributed by atoms with Crippen molar-refractivity contribution in [2.24, 2.45) is 0 Å². The SMILES string of the molecule is Cc1ccccc1.O=CNc1cccc(NC(=O)c2cc(C(=O)Nc3cccc(NC(=O)c4ccccc4)c3)cc(C(=O)Nc3cccc(NC(=O)c4ccccc4)c3)c2)c1. The summed E-state index contributed by atoms with van der Waals surface area (Å²) in [7, 11) is 0. The Morgan fingerprint density at radius 1 is 0.328 bits per heavy atom. The van der Waals surface area contributed by atoms with Crippen LogP contribution in [0.2, 0.25) is 0 Å². The second-order valence-electron chi connectivity index (χ2n) is 13.5. The molecule has 0 aromatic heterocycles. The normalized spacial score (nSPS) is 10.1. The predicted molar refractivity (Wildman–Crippen MR) is 239 cm³/mol. The van der Waals surface area contributed by atoms with Crippen LogP contribution in [-0.4, -0.2) is 35.9 Å². The van der Waals surface area contributed by atoms with Gasteiger partial charge in [0.2, 0.25) is 6.41 Å². The van der Waals surface area contributed by atoms with Crippen LogP contribution in [0.15, 0.2) is 182 Å². The average molecular weight is 809 g/mol. The van der Waals surface area contributed by atoms with E-state index in [2.05, 4.69) is 51.0 Å². The second-order valence-corrected chi connectivity index (χ2v) is 13.5. The number of aryl methyl sites for hydroxylation is 1. The summed E-state index contributed by atoms with van der Waals surface area (Å²) in [6.45, 7) is 2.08. The number of anilines is 6. The van der Waals surface area contributed by atoms with Crippen molar-refractivity contribution in [2.45, 2.75) is 6.92 Å². The standard InChI is InChI=1S/C42H32N6O6.C7H8/c49-26-43-32-14-7-15-33(23-32)46-40(52)29-20-30(41(53)47-36-18-8-16-34(24-36)44-38(50)27-10-3-1-4-11-27)22-31(21-29)42(54)48-37-19-9-17-35(25-37)45-39(51)28-12-5-2-6-13-28;1-7-5-3-2-4-6-7/h1-26H,(H,43,49)(H,44,50)(H,45,51)(H,46,52)(H,47,53)(H,48,54);2-6H,1H3. The number of carbonyl (C=O) groups excluding carboxylic acids is 6. The minimum absolute atomic E-state index is 0.00528. The van der Waals surface area contributed by atoms with Crippen LogP contribution in [0.3, 0.4) is 0 Å². The van der Waals surface area contributed by atoms with Crippen LogP contribution in [0.25, 0.3) is 0 Å². The lowest BCUT2D eigenvalue weighted by atomic mass is 10.0. The van der Waals surface area contributed by atoms with E-state index in [1.807, 2.05) is 18.2 Å². The van der Waals surface area contributed by atoms with Gasteiger partial charge in [-0.15, -0.1) is 0 Å². The topological polar surface area (TPSA) is 175 Å². The summed E-state index contributed by atoms with van der Waals surface area (Å²) in [5, 5.41) is 16.4. The molecule has 0 bridgehead atoms. The first kappa shape index (κ1) is 42.0. The molecule has 0 saturated heterocycles. The number of benzene rings is 7. The molecule has 0 aliphatic rings. The maximum atomic E-state index is 13.7. The van der Waals surface area contributed by atoms with Crippen LogP contribution in [0.5, 0.6) is 0 Å². The van der Waals surface area contributed by atoms with Gasteiger partial charge in [0.15, 0.2) is 0 Å². The number of hydrogen-bond donors (Lipinski definition) is 6. The third kappa shape index (κ3) is 12.4. The number of carbonyl (C=O) groups is 6. The molecule has 7 aromatic rings. The van der Waals surface area contributed by atoms with E-state index in [1.165, 1.54) is 23.8 Å². The summed E-state index contributed by atoms with van der Waals surface area (Å²) in [6, 6.07) is 51.1. The fraction of sp³-hybridized carbons (Fsp3) is 0.0204. The fourth-order valence-corrected chi connectivity index (χ4v) is 5.85. The van der Waals surface area contributed by atoms with Crippen molar-refractivity contribution < 1.29 is 28.8 Å². The van der Waals surface area contributed by atoms with Gasteiger partial charge in [-0.1, -0.05) is 90.5 Å². The molecule has 0 fully saturated rings. The van der Waals surface area contributed by atoms with Crippen molar-refractivity contribution >= 4 is 70.1 Å². The molecule has 12 nitrogen and oxygen atoms in total. The quantitative estimate of drug-likeness (QED) is 0.0671. The zero-order valence-corrected chi connectivity index (χ0v) is 32.8. The van der Waals surface area contributed by atoms with E-state index in [-0.39, 0.29) is 28.5 Å². The summed E-state index contributed by atoms with van der Waals surface area (Å²) in [5.74, 6) is -2.55. The zero-order valence-electron chi connectivity index (χ0n) is 32.8. The Kier molecular flexibility index (Phi) is 14.2. The highest BCUT2D eigenvalue weighted by molar-refractivity contribution is 6.13. The first-order valence-corrected chi connectivity index (χ1v) is 19.0. The summed E-state index contributed by atoms with van der Waals surface area (Å²) < 4.78 is 0. The Morgan fingerprint density at radius 3 is 0.902 bits per heavy atom. The molecule has 61 heavy (non-hydrogen) atoms. The third-order valence-corrected chi connectivity index (χ3v) is 8.83. The summed E-state index contributed by atoms with van der Waals surface area (Å²) in [4.78, 5) is 77.2. The Labute approximate surface area is 352 Å². The molecule has 12 heteroatoms. The van der Waals surface area contributed by atoms with Gasteiger partial charge in [0.25, 0.3) is 29.5 Å². The highest BCUT2D eigenvalue weighted by Crippen LogP contribution is 2.22. The van der Waals surface area contributed by atoms with Crippen LogP contribution in [0, 0.1) is 6.92 Å². The highest BCUT2D eigenvalue weighted by Gasteiger charge is 2.18. The molecule has 0 aliphatic heterocycles. The molecule has 0 radical (unpaired) electrons. The summed E-state index contributed by atoms with van der Waals surface area (Å²) in [5.41, 5.74) is 4.59. The molecule has 0 atom stereocenters. The van der Waals surface area contributed by atoms with E-state index in [4.69, 9.17) is 0 Å². The maximum absolute atomic E-state index is 13.7. The van der Waals surface area contributed by atoms with Crippen LogP contribution < -0.4 is 31.9 Å². The molecular weight excluding hydrogens is 769 g/mol. The molecule has 302 valence electrons. The number of rotatable bonds is 12. The van der Waals surface area contributed by atoms with Crippen molar-refractivity contribution in [2.75, 3.05) is 31.9 Å². The molecule has 0 unspecified atom stereocenters. The maximum Gasteiger partial charge on any atom is 0.255 e. The lowest BCUT2D eigenvalue weighted by Gasteiger charge is -2.13. The van der Waals surface area contributed by atoms with Gasteiger partial charge in [-0.3, -0.25) is 28.8 Å². The van der Waals surface area contributed by atoms with Crippen LogP contribution in [-0.2, 0) is 4.79 Å². The van der Waals surface area contributed by atoms with E-state index in [0.717, 1.165) is 0 Å². The van der Waals surface area contributed by atoms with Gasteiger partial charge in [0.05, 0.1) is 0 Å². The lowest BCUT2D eigenvalue weighted by molar-refractivity contribution is -0.105. The van der Waals surface area contributed by atoms with Crippen molar-refractivity contribution in [1.29, 1.82) is 0 Å². The highest BCUT2D eigenvalue weighted by atomic mass is 16.2. The monoisotopic (exact) mass is 808 g/mol. The third-order valence-electron chi connectivity index (χ3n) is 8.83. The molecule has 0 heterocycles. The minimum atomic E-state index is -0.631. The molecule has 6 N–H and O–H groups in total. The second kappa shape index (κ2) is 20.7. The molecule has 7 aromatic carbocycles. The summed E-state index contributed by atoms with van der Waals surface area (Å²) >= 11 is 0. The number of amides is 6. The van der Waals surface area contributed by atoms with Gasteiger partial charge in [-0.05, 0) is 104 Å². The Bertz CT molecular complexity index is 2540. The van der Waals surface area contributed by atoms with Crippen molar-refractivity contribution in [3.8, 4) is 0 Å². The molecule has 7 rings (SSSR count). The van der Waals surface area contributed by atoms with E-state index < -0.39 is 17.7 Å². The van der Waals surface area contributed by atoms with Crippen molar-refractivity contribution in [3.05, 3.63) is 215 Å². The molecule has 0 aliphatic carbocycles. The van der Waals surface area contributed by atoms with Crippen LogP contribution in [0.1, 0.15) is 57.4 Å². The minimum Gasteiger partial charge on any atom is -0.329 e. The Hall–Kier alpha value is -8.64. The smallest absolute Gasteiger partial charge is 0.255 e. The van der Waals surface area contributed by atoms with Crippen LogP contribution >= 0.6 is 0 Å². The van der Waals surface area contributed by atoms with Gasteiger partial charge >= 0.3 is 0 Å². The van der Waals surface area contributed by atoms with Crippen molar-refractivity contribution in [1.82, 2.24) is 0 Å². The summed E-state index contributed by atoms with van der Waals surface area (Å²) in [6.07, 6.45) is 0.508. The first-order valence-electron chi connectivity index (χ1n) is 19.0. The average Bonchev–Trinajstić information content (AvgIpc) is 3.28. The van der Waals surface area contributed by atoms with E-state index in [1.54, 1.807) is 133 Å². The lowest BCUT2D eigenvalue weighted by Crippen LogP contribution is -2.19. The van der Waals surface area contributed by atoms with Crippen molar-refractivity contribution in [3.63, 3.8) is 0 Å². The largest absolute Gasteiger partial charge is 0.329 e. The van der Waals surface area contributed by atoms with Gasteiger partial charge in [0.1, 0.15) is 0 Å². The van der Waals surface area contributed by atoms with Gasteiger partial charge in [-0.25, -0.2) is 0 Å². The predicted octanol–water partition coefficient (Wildman–Crippen LogP) is 9.51. The van der Waals surface area contributed by atoms with Gasteiger partial charge < -0.3 is 31.9 Å². The van der Waals surface area contributed by atoms with Gasteiger partial charge in [-0.2, -0.15) is 0 Å². The number of nitrogens with one attached hydrogen (secondary N) is 6. The van der Waals surface area contributed by atoms with E-state index in [9.17, 15) is 28.8 Å². The molecular formula is C49H40N6O6. The number of hydrogen-bond acceptors (Lipinski definition) is 6. The van der Waals surface area contributed by atoms with E-state index >= 15 is 0 Å². The zero-order chi connectivity index (χ0) is 43.0. The fourth-order valence-electron chi connectivity index (χ4n) is 5.85. The first-order chi connectivity index (χ1) is 29.6.